The Bertz CT molecular complexity index is 619. The summed E-state index contributed by atoms with van der Waals surface area (Å²) in [5, 5.41) is 9.57. The highest BCUT2D eigenvalue weighted by molar-refractivity contribution is 14.0. The van der Waals surface area contributed by atoms with Crippen LogP contribution >= 0.6 is 24.0 Å². The second-order valence-corrected chi connectivity index (χ2v) is 7.25. The molecule has 170 valence electrons. The molecular weight excluding hydrogens is 495 g/mol. The molecule has 8 heteroatoms. The van der Waals surface area contributed by atoms with Crippen molar-refractivity contribution in [3.8, 4) is 5.75 Å². The van der Waals surface area contributed by atoms with E-state index >= 15 is 0 Å². The van der Waals surface area contributed by atoms with Crippen molar-refractivity contribution < 1.29 is 14.3 Å². The number of hydrogen-bond donors (Lipinski definition) is 3. The summed E-state index contributed by atoms with van der Waals surface area (Å²) in [4.78, 5) is 16.9. The number of amides is 1. The molecule has 1 aliphatic carbocycles. The van der Waals surface area contributed by atoms with Crippen LogP contribution in [-0.2, 0) is 16.1 Å². The van der Waals surface area contributed by atoms with Crippen LogP contribution < -0.4 is 20.7 Å². The molecule has 1 saturated carbocycles. The predicted molar refractivity (Wildman–Crippen MR) is 132 cm³/mol. The largest absolute Gasteiger partial charge is 0.497 e. The zero-order valence-electron chi connectivity index (χ0n) is 18.2. The maximum atomic E-state index is 12.3. The fourth-order valence-corrected chi connectivity index (χ4v) is 3.29. The van der Waals surface area contributed by atoms with Crippen molar-refractivity contribution in [3.63, 3.8) is 0 Å². The monoisotopic (exact) mass is 532 g/mol. The Kier molecular flexibility index (Phi) is 14.3. The van der Waals surface area contributed by atoms with Crippen LogP contribution in [0.25, 0.3) is 0 Å². The molecule has 3 N–H and O–H groups in total. The molecule has 1 aromatic carbocycles. The first-order valence-corrected chi connectivity index (χ1v) is 10.7. The van der Waals surface area contributed by atoms with Crippen LogP contribution in [-0.4, -0.2) is 51.3 Å². The molecular formula is C22H37IN4O3. The molecule has 1 aliphatic rings. The Morgan fingerprint density at radius 3 is 2.53 bits per heavy atom. The normalized spacial score (nSPS) is 14.5. The van der Waals surface area contributed by atoms with Crippen LogP contribution in [0.3, 0.4) is 0 Å². The number of aliphatic imine (C=N–C) groups is 1. The average Bonchev–Trinajstić information content (AvgIpc) is 2.76. The number of benzene rings is 1. The van der Waals surface area contributed by atoms with Gasteiger partial charge >= 0.3 is 0 Å². The molecule has 0 atom stereocenters. The highest BCUT2D eigenvalue weighted by atomic mass is 127. The zero-order valence-corrected chi connectivity index (χ0v) is 20.6. The Hall–Kier alpha value is -1.55. The minimum atomic E-state index is 0. The topological polar surface area (TPSA) is 84.0 Å². The Morgan fingerprint density at radius 1 is 1.13 bits per heavy atom. The quantitative estimate of drug-likeness (QED) is 0.177. The molecule has 7 nitrogen and oxygen atoms in total. The van der Waals surface area contributed by atoms with E-state index in [1.54, 1.807) is 7.11 Å². The molecule has 30 heavy (non-hydrogen) atoms. The van der Waals surface area contributed by atoms with Gasteiger partial charge in [-0.3, -0.25) is 4.79 Å². The van der Waals surface area contributed by atoms with E-state index in [2.05, 4.69) is 20.9 Å². The molecule has 1 fully saturated rings. The van der Waals surface area contributed by atoms with E-state index in [1.165, 1.54) is 19.3 Å². The summed E-state index contributed by atoms with van der Waals surface area (Å²) in [7, 11) is 1.65. The fraction of sp³-hybridized carbons (Fsp3) is 0.636. The van der Waals surface area contributed by atoms with E-state index in [-0.39, 0.29) is 36.4 Å². The van der Waals surface area contributed by atoms with Crippen LogP contribution in [0.5, 0.6) is 5.75 Å². The number of hydrogen-bond acceptors (Lipinski definition) is 4. The highest BCUT2D eigenvalue weighted by Gasteiger charge is 2.15. The smallest absolute Gasteiger partial charge is 0.239 e. The average molecular weight is 532 g/mol. The molecule has 0 unspecified atom stereocenters. The lowest BCUT2D eigenvalue weighted by molar-refractivity contribution is -0.120. The molecule has 0 radical (unpaired) electrons. The fourth-order valence-electron chi connectivity index (χ4n) is 3.29. The first-order chi connectivity index (χ1) is 14.2. The summed E-state index contributed by atoms with van der Waals surface area (Å²) < 4.78 is 10.6. The number of guanidine groups is 1. The van der Waals surface area contributed by atoms with Gasteiger partial charge in [-0.1, -0.05) is 31.4 Å². The van der Waals surface area contributed by atoms with E-state index in [0.717, 1.165) is 43.7 Å². The van der Waals surface area contributed by atoms with Crippen LogP contribution in [0.15, 0.2) is 29.3 Å². The molecule has 0 saturated heterocycles. The van der Waals surface area contributed by atoms with Gasteiger partial charge in [0.1, 0.15) is 5.75 Å². The number of ether oxygens (including phenoxy) is 2. The van der Waals surface area contributed by atoms with Gasteiger partial charge in [0.15, 0.2) is 5.96 Å². The van der Waals surface area contributed by atoms with E-state index in [0.29, 0.717) is 25.2 Å². The van der Waals surface area contributed by atoms with Crippen molar-refractivity contribution in [1.82, 2.24) is 16.0 Å². The highest BCUT2D eigenvalue weighted by Crippen LogP contribution is 2.17. The molecule has 1 amide bonds. The van der Waals surface area contributed by atoms with Gasteiger partial charge in [-0.2, -0.15) is 0 Å². The lowest BCUT2D eigenvalue weighted by Crippen LogP contribution is -2.46. The van der Waals surface area contributed by atoms with Crippen molar-refractivity contribution in [2.75, 3.05) is 33.4 Å². The Labute approximate surface area is 197 Å². The number of carbonyl (C=O) groups is 1. The summed E-state index contributed by atoms with van der Waals surface area (Å²) in [6.45, 7) is 4.89. The number of rotatable bonds is 11. The van der Waals surface area contributed by atoms with Gasteiger partial charge < -0.3 is 25.4 Å². The van der Waals surface area contributed by atoms with Crippen molar-refractivity contribution in [1.29, 1.82) is 0 Å². The van der Waals surface area contributed by atoms with Gasteiger partial charge in [0.05, 0.1) is 20.2 Å². The first kappa shape index (κ1) is 26.5. The predicted octanol–water partition coefficient (Wildman–Crippen LogP) is 3.22. The maximum Gasteiger partial charge on any atom is 0.239 e. The molecule has 0 bridgehead atoms. The van der Waals surface area contributed by atoms with Gasteiger partial charge in [-0.25, -0.2) is 4.99 Å². The lowest BCUT2D eigenvalue weighted by Gasteiger charge is -2.23. The third-order valence-electron chi connectivity index (χ3n) is 4.93. The maximum absolute atomic E-state index is 12.3. The second-order valence-electron chi connectivity index (χ2n) is 7.25. The SMILES string of the molecule is CCOCCCNC(=NCc1ccc(OC)cc1)NCC(=O)NC1CCCCC1.I. The summed E-state index contributed by atoms with van der Waals surface area (Å²) in [6, 6.07) is 8.14. The summed E-state index contributed by atoms with van der Waals surface area (Å²) in [5.74, 6) is 1.48. The third-order valence-corrected chi connectivity index (χ3v) is 4.93. The Morgan fingerprint density at radius 2 is 1.87 bits per heavy atom. The summed E-state index contributed by atoms with van der Waals surface area (Å²) in [6.07, 6.45) is 6.73. The van der Waals surface area contributed by atoms with Crippen molar-refractivity contribution in [3.05, 3.63) is 29.8 Å². The molecule has 2 rings (SSSR count). The van der Waals surface area contributed by atoms with E-state index in [4.69, 9.17) is 9.47 Å². The van der Waals surface area contributed by atoms with Crippen LogP contribution in [0, 0.1) is 0 Å². The summed E-state index contributed by atoms with van der Waals surface area (Å²) >= 11 is 0. The minimum Gasteiger partial charge on any atom is -0.497 e. The Balaban J connectivity index is 0.00000450. The molecule has 0 aromatic heterocycles. The van der Waals surface area contributed by atoms with Crippen molar-refractivity contribution >= 4 is 35.8 Å². The molecule has 1 aromatic rings. The third kappa shape index (κ3) is 11.0. The van der Waals surface area contributed by atoms with Gasteiger partial charge in [-0.15, -0.1) is 24.0 Å². The molecule has 0 aliphatic heterocycles. The van der Waals surface area contributed by atoms with Crippen LogP contribution in [0.4, 0.5) is 0 Å². The van der Waals surface area contributed by atoms with Gasteiger partial charge in [-0.05, 0) is 43.9 Å². The zero-order chi connectivity index (χ0) is 20.7. The molecule has 0 heterocycles. The standard InChI is InChI=1S/C22H36N4O3.HI/c1-3-29-15-7-14-23-22(24-16-18-10-12-20(28-2)13-11-18)25-17-21(27)26-19-8-5-4-6-9-19;/h10-13,19H,3-9,14-17H2,1-2H3,(H,26,27)(H2,23,24,25);1H. The van der Waals surface area contributed by atoms with Crippen LogP contribution in [0.1, 0.15) is 51.0 Å². The first-order valence-electron chi connectivity index (χ1n) is 10.7. The number of methoxy groups -OCH3 is 1. The van der Waals surface area contributed by atoms with Crippen molar-refractivity contribution in [2.24, 2.45) is 4.99 Å². The van der Waals surface area contributed by atoms with E-state index in [9.17, 15) is 4.79 Å². The minimum absolute atomic E-state index is 0. The lowest BCUT2D eigenvalue weighted by atomic mass is 9.95. The molecule has 0 spiro atoms. The number of nitrogens with one attached hydrogen (secondary N) is 3. The van der Waals surface area contributed by atoms with Gasteiger partial charge in [0.2, 0.25) is 5.91 Å². The van der Waals surface area contributed by atoms with Crippen molar-refractivity contribution in [2.45, 2.75) is 58.0 Å². The number of halogens is 1. The van der Waals surface area contributed by atoms with E-state index < -0.39 is 0 Å². The number of nitrogens with zero attached hydrogens (tertiary/aromatic N) is 1. The van der Waals surface area contributed by atoms with Crippen LogP contribution in [0.2, 0.25) is 0 Å². The van der Waals surface area contributed by atoms with Gasteiger partial charge in [0.25, 0.3) is 0 Å². The van der Waals surface area contributed by atoms with Gasteiger partial charge in [0, 0.05) is 25.8 Å². The van der Waals surface area contributed by atoms with E-state index in [1.807, 2.05) is 31.2 Å². The number of carbonyl (C=O) groups excluding carboxylic acids is 1. The summed E-state index contributed by atoms with van der Waals surface area (Å²) in [5.41, 5.74) is 1.08. The second kappa shape index (κ2) is 16.2.